The minimum atomic E-state index is -3.79. The zero-order chi connectivity index (χ0) is 18.9. The highest BCUT2D eigenvalue weighted by atomic mass is 32.2. The highest BCUT2D eigenvalue weighted by molar-refractivity contribution is 7.89. The predicted octanol–water partition coefficient (Wildman–Crippen LogP) is 3.05. The lowest BCUT2D eigenvalue weighted by atomic mass is 10.1. The number of benzene rings is 2. The van der Waals surface area contributed by atoms with Gasteiger partial charge in [-0.05, 0) is 48.2 Å². The molecule has 1 atom stereocenters. The Kier molecular flexibility index (Phi) is 4.99. The number of sulfonamides is 1. The molecule has 0 spiro atoms. The van der Waals surface area contributed by atoms with E-state index in [4.69, 9.17) is 9.88 Å². The van der Waals surface area contributed by atoms with Crippen LogP contribution in [-0.2, 0) is 10.0 Å². The van der Waals surface area contributed by atoms with Gasteiger partial charge >= 0.3 is 0 Å². The number of hydrogen-bond acceptors (Lipinski definition) is 5. The molecule has 0 aliphatic carbocycles. The smallest absolute Gasteiger partial charge is 0.253 e. The van der Waals surface area contributed by atoms with E-state index in [2.05, 4.69) is 5.32 Å². The quantitative estimate of drug-likeness (QED) is 0.699. The van der Waals surface area contributed by atoms with Gasteiger partial charge in [0.2, 0.25) is 10.0 Å². The summed E-state index contributed by atoms with van der Waals surface area (Å²) in [4.78, 5) is 12.7. The Morgan fingerprint density at radius 2 is 2.00 bits per heavy atom. The van der Waals surface area contributed by atoms with Gasteiger partial charge in [0.1, 0.15) is 5.75 Å². The maximum atomic E-state index is 12.7. The van der Waals surface area contributed by atoms with Gasteiger partial charge in [0.05, 0.1) is 28.3 Å². The van der Waals surface area contributed by atoms with Crippen LogP contribution in [-0.4, -0.2) is 21.4 Å². The van der Waals surface area contributed by atoms with E-state index in [1.807, 2.05) is 11.4 Å². The molecule has 136 valence electrons. The molecule has 3 N–H and O–H groups in total. The number of ether oxygens (including phenoxy) is 1. The molecular weight excluding hydrogens is 372 g/mol. The van der Waals surface area contributed by atoms with Crippen LogP contribution in [0.5, 0.6) is 5.75 Å². The van der Waals surface area contributed by atoms with Gasteiger partial charge in [-0.15, -0.1) is 11.3 Å². The van der Waals surface area contributed by atoms with E-state index in [1.165, 1.54) is 23.5 Å². The molecule has 0 fully saturated rings. The summed E-state index contributed by atoms with van der Waals surface area (Å²) in [6.45, 7) is 1.79. The molecule has 0 radical (unpaired) electrons. The molecule has 0 saturated heterocycles. The molecule has 8 heteroatoms. The number of methoxy groups -OCH3 is 1. The fourth-order valence-electron chi connectivity index (χ4n) is 2.71. The average molecular weight is 390 g/mol. The van der Waals surface area contributed by atoms with Crippen molar-refractivity contribution in [1.29, 1.82) is 0 Å². The first-order chi connectivity index (χ1) is 12.3. The lowest BCUT2D eigenvalue weighted by Crippen LogP contribution is -2.27. The van der Waals surface area contributed by atoms with Crippen LogP contribution < -0.4 is 15.2 Å². The molecule has 3 aromatic rings. The van der Waals surface area contributed by atoms with E-state index in [0.29, 0.717) is 16.9 Å². The lowest BCUT2D eigenvalue weighted by molar-refractivity contribution is 0.0941. The summed E-state index contributed by atoms with van der Waals surface area (Å²) < 4.78 is 29.2. The van der Waals surface area contributed by atoms with Gasteiger partial charge in [-0.3, -0.25) is 4.79 Å². The minimum Gasteiger partial charge on any atom is -0.496 e. The van der Waals surface area contributed by atoms with Crippen molar-refractivity contribution in [2.45, 2.75) is 17.9 Å². The number of thiophene rings is 1. The van der Waals surface area contributed by atoms with E-state index in [1.54, 1.807) is 38.3 Å². The Bertz CT molecular complexity index is 1070. The maximum Gasteiger partial charge on any atom is 0.253 e. The van der Waals surface area contributed by atoms with Crippen LogP contribution in [0.15, 0.2) is 52.7 Å². The summed E-state index contributed by atoms with van der Waals surface area (Å²) in [5.41, 5.74) is 1.20. The van der Waals surface area contributed by atoms with Gasteiger partial charge in [0.15, 0.2) is 0 Å². The number of rotatable bonds is 5. The highest BCUT2D eigenvalue weighted by Gasteiger charge is 2.18. The van der Waals surface area contributed by atoms with Crippen molar-refractivity contribution in [3.05, 3.63) is 59.0 Å². The van der Waals surface area contributed by atoms with Crippen molar-refractivity contribution in [2.24, 2.45) is 5.14 Å². The summed E-state index contributed by atoms with van der Waals surface area (Å²) >= 11 is 1.46. The lowest BCUT2D eigenvalue weighted by Gasteiger charge is -2.16. The van der Waals surface area contributed by atoms with Gasteiger partial charge < -0.3 is 10.1 Å². The number of nitrogens with one attached hydrogen (secondary N) is 1. The molecule has 0 aliphatic rings. The molecule has 3 rings (SSSR count). The minimum absolute atomic E-state index is 0.0150. The fourth-order valence-corrected chi connectivity index (χ4v) is 4.20. The van der Waals surface area contributed by atoms with Crippen LogP contribution in [0, 0.1) is 0 Å². The maximum absolute atomic E-state index is 12.7. The van der Waals surface area contributed by atoms with Crippen molar-refractivity contribution in [3.8, 4) is 5.75 Å². The van der Waals surface area contributed by atoms with Crippen LogP contribution in [0.3, 0.4) is 0 Å². The van der Waals surface area contributed by atoms with Crippen LogP contribution in [0.25, 0.3) is 10.1 Å². The number of nitrogens with two attached hydrogens (primary N) is 1. The SMILES string of the molecule is COc1ccc(C(=O)NC(C)c2cccc(S(N)(=O)=O)c2)c2sccc12. The van der Waals surface area contributed by atoms with Crippen molar-refractivity contribution in [3.63, 3.8) is 0 Å². The third-order valence-electron chi connectivity index (χ3n) is 4.08. The zero-order valence-electron chi connectivity index (χ0n) is 14.2. The molecule has 1 heterocycles. The first-order valence-corrected chi connectivity index (χ1v) is 10.2. The molecular formula is C18H18N2O4S2. The molecule has 26 heavy (non-hydrogen) atoms. The van der Waals surface area contributed by atoms with Crippen LogP contribution in [0.2, 0.25) is 0 Å². The Labute approximate surface area is 155 Å². The Morgan fingerprint density at radius 3 is 2.69 bits per heavy atom. The number of primary sulfonamides is 1. The molecule has 1 amide bonds. The van der Waals surface area contributed by atoms with Crippen LogP contribution >= 0.6 is 11.3 Å². The first-order valence-electron chi connectivity index (χ1n) is 7.79. The second kappa shape index (κ2) is 7.06. The Morgan fingerprint density at radius 1 is 1.23 bits per heavy atom. The summed E-state index contributed by atoms with van der Waals surface area (Å²) in [7, 11) is -2.20. The highest BCUT2D eigenvalue weighted by Crippen LogP contribution is 2.33. The predicted molar refractivity (Wildman–Crippen MR) is 102 cm³/mol. The third-order valence-corrected chi connectivity index (χ3v) is 5.93. The Hall–Kier alpha value is -2.42. The molecule has 1 unspecified atom stereocenters. The standard InChI is InChI=1S/C18H18N2O4S2/c1-11(12-4-3-5-13(10-12)26(19,22)23)20-18(21)15-6-7-16(24-2)14-8-9-25-17(14)15/h3-11H,1-2H3,(H,20,21)(H2,19,22,23). The van der Waals surface area contributed by atoms with E-state index >= 15 is 0 Å². The van der Waals surface area contributed by atoms with Crippen molar-refractivity contribution >= 4 is 37.4 Å². The average Bonchev–Trinajstić information content (AvgIpc) is 3.09. The van der Waals surface area contributed by atoms with E-state index in [0.717, 1.165) is 10.1 Å². The fraction of sp³-hybridized carbons (Fsp3) is 0.167. The summed E-state index contributed by atoms with van der Waals surface area (Å²) in [5.74, 6) is 0.473. The Balaban J connectivity index is 1.88. The number of carbonyl (C=O) groups is 1. The van der Waals surface area contributed by atoms with Gasteiger partial charge in [0, 0.05) is 5.39 Å². The van der Waals surface area contributed by atoms with E-state index in [-0.39, 0.29) is 16.8 Å². The second-order valence-electron chi connectivity index (χ2n) is 5.79. The second-order valence-corrected chi connectivity index (χ2v) is 8.27. The first kappa shape index (κ1) is 18.4. The summed E-state index contributed by atoms with van der Waals surface area (Å²) in [6, 6.07) is 11.2. The zero-order valence-corrected chi connectivity index (χ0v) is 15.9. The number of hydrogen-bond donors (Lipinski definition) is 2. The van der Waals surface area contributed by atoms with Gasteiger partial charge in [-0.1, -0.05) is 12.1 Å². The summed E-state index contributed by atoms with van der Waals surface area (Å²) in [5, 5.41) is 10.9. The number of amides is 1. The molecule has 6 nitrogen and oxygen atoms in total. The van der Waals surface area contributed by atoms with Crippen molar-refractivity contribution < 1.29 is 17.9 Å². The molecule has 0 aliphatic heterocycles. The van der Waals surface area contributed by atoms with Gasteiger partial charge in [-0.2, -0.15) is 0 Å². The largest absolute Gasteiger partial charge is 0.496 e. The number of fused-ring (bicyclic) bond motifs is 1. The molecule has 1 aromatic heterocycles. The monoisotopic (exact) mass is 390 g/mol. The van der Waals surface area contributed by atoms with Gasteiger partial charge in [0.25, 0.3) is 5.91 Å². The summed E-state index contributed by atoms with van der Waals surface area (Å²) in [6.07, 6.45) is 0. The van der Waals surface area contributed by atoms with E-state index < -0.39 is 10.0 Å². The van der Waals surface area contributed by atoms with Crippen molar-refractivity contribution in [1.82, 2.24) is 5.32 Å². The van der Waals surface area contributed by atoms with E-state index in [9.17, 15) is 13.2 Å². The van der Waals surface area contributed by atoms with Crippen molar-refractivity contribution in [2.75, 3.05) is 7.11 Å². The molecule has 2 aromatic carbocycles. The molecule has 0 saturated carbocycles. The van der Waals surface area contributed by atoms with Crippen LogP contribution in [0.1, 0.15) is 28.9 Å². The number of carbonyl (C=O) groups excluding carboxylic acids is 1. The third kappa shape index (κ3) is 3.57. The van der Waals surface area contributed by atoms with Crippen LogP contribution in [0.4, 0.5) is 0 Å². The molecule has 0 bridgehead atoms. The normalized spacial score (nSPS) is 12.7. The van der Waals surface area contributed by atoms with Gasteiger partial charge in [-0.25, -0.2) is 13.6 Å². The topological polar surface area (TPSA) is 98.5 Å².